The fourth-order valence-electron chi connectivity index (χ4n) is 1.79. The fourth-order valence-corrected chi connectivity index (χ4v) is 1.79. The summed E-state index contributed by atoms with van der Waals surface area (Å²) < 4.78 is 5.32. The number of fused-ring (bicyclic) bond motifs is 1. The van der Waals surface area contributed by atoms with Crippen molar-refractivity contribution >= 4 is 11.4 Å². The molecule has 0 aliphatic heterocycles. The van der Waals surface area contributed by atoms with Crippen LogP contribution in [-0.4, -0.2) is 5.78 Å². The molecule has 1 aromatic heterocycles. The van der Waals surface area contributed by atoms with Crippen LogP contribution in [0.3, 0.4) is 0 Å². The largest absolute Gasteiger partial charge is 0.469 e. The minimum absolute atomic E-state index is 0.115. The van der Waals surface area contributed by atoms with Crippen molar-refractivity contribution in [2.24, 2.45) is 0 Å². The minimum Gasteiger partial charge on any atom is -0.469 e. The van der Waals surface area contributed by atoms with E-state index in [2.05, 4.69) is 0 Å². The first-order valence-corrected chi connectivity index (χ1v) is 4.55. The Hall–Kier alpha value is -1.31. The number of ketones is 1. The van der Waals surface area contributed by atoms with Crippen molar-refractivity contribution in [1.29, 1.82) is 0 Å². The Kier molecular flexibility index (Phi) is 2.05. The van der Waals surface area contributed by atoms with Crippen molar-refractivity contribution in [1.82, 2.24) is 0 Å². The molecule has 0 spiro atoms. The van der Waals surface area contributed by atoms with Gasteiger partial charge in [-0.1, -0.05) is 0 Å². The molecule has 0 aromatic carbocycles. The highest BCUT2D eigenvalue weighted by molar-refractivity contribution is 5.95. The lowest BCUT2D eigenvalue weighted by Crippen LogP contribution is -1.99. The molecule has 1 heterocycles. The third-order valence-electron chi connectivity index (χ3n) is 2.32. The summed E-state index contributed by atoms with van der Waals surface area (Å²) in [5.41, 5.74) is 2.25. The van der Waals surface area contributed by atoms with Gasteiger partial charge in [0, 0.05) is 12.0 Å². The van der Waals surface area contributed by atoms with E-state index in [4.69, 9.17) is 4.42 Å². The molecule has 0 unspecified atom stereocenters. The first-order chi connectivity index (χ1) is 6.27. The number of rotatable bonds is 1. The zero-order valence-electron chi connectivity index (χ0n) is 7.67. The van der Waals surface area contributed by atoms with Crippen LogP contribution in [0, 0.1) is 0 Å². The number of aryl methyl sites for hydroxylation is 1. The van der Waals surface area contributed by atoms with Crippen molar-refractivity contribution in [2.45, 2.75) is 26.2 Å². The maximum atomic E-state index is 10.9. The van der Waals surface area contributed by atoms with E-state index in [0.717, 1.165) is 36.2 Å². The molecule has 0 saturated heterocycles. The summed E-state index contributed by atoms with van der Waals surface area (Å²) in [5, 5.41) is 0. The van der Waals surface area contributed by atoms with Gasteiger partial charge < -0.3 is 4.42 Å². The third-order valence-corrected chi connectivity index (χ3v) is 2.32. The Bertz CT molecular complexity index is 358. The SMILES string of the molecule is CC(=O)/C=C1/CCCc2occc21. The predicted octanol–water partition coefficient (Wildman–Crippen LogP) is 2.59. The second kappa shape index (κ2) is 3.21. The zero-order chi connectivity index (χ0) is 9.26. The van der Waals surface area contributed by atoms with Crippen LogP contribution >= 0.6 is 0 Å². The maximum absolute atomic E-state index is 10.9. The van der Waals surface area contributed by atoms with Crippen molar-refractivity contribution in [2.75, 3.05) is 0 Å². The van der Waals surface area contributed by atoms with E-state index in [1.54, 1.807) is 19.3 Å². The molecule has 0 N–H and O–H groups in total. The standard InChI is InChI=1S/C11H12O2/c1-8(12)7-9-3-2-4-11-10(9)5-6-13-11/h5-7H,2-4H2,1H3/b9-7-. The second-order valence-electron chi connectivity index (χ2n) is 3.39. The summed E-state index contributed by atoms with van der Waals surface area (Å²) in [4.78, 5) is 10.9. The van der Waals surface area contributed by atoms with E-state index in [9.17, 15) is 4.79 Å². The fraction of sp³-hybridized carbons (Fsp3) is 0.364. The summed E-state index contributed by atoms with van der Waals surface area (Å²) in [6.07, 6.45) is 6.49. The predicted molar refractivity (Wildman–Crippen MR) is 50.3 cm³/mol. The summed E-state index contributed by atoms with van der Waals surface area (Å²) in [6, 6.07) is 1.95. The van der Waals surface area contributed by atoms with Crippen molar-refractivity contribution < 1.29 is 9.21 Å². The average Bonchev–Trinajstić information content (AvgIpc) is 2.51. The summed E-state index contributed by atoms with van der Waals surface area (Å²) in [7, 11) is 0. The van der Waals surface area contributed by atoms with Gasteiger partial charge in [-0.3, -0.25) is 4.79 Å². The van der Waals surface area contributed by atoms with E-state index in [-0.39, 0.29) is 5.78 Å². The molecule has 2 rings (SSSR count). The summed E-state index contributed by atoms with van der Waals surface area (Å²) in [6.45, 7) is 1.58. The maximum Gasteiger partial charge on any atom is 0.152 e. The quantitative estimate of drug-likeness (QED) is 0.615. The normalized spacial score (nSPS) is 18.7. The Morgan fingerprint density at radius 3 is 3.15 bits per heavy atom. The molecule has 0 fully saturated rings. The lowest BCUT2D eigenvalue weighted by molar-refractivity contribution is -0.112. The monoisotopic (exact) mass is 176 g/mol. The number of furan rings is 1. The van der Waals surface area contributed by atoms with Gasteiger partial charge in [-0.05, 0) is 37.5 Å². The Morgan fingerprint density at radius 1 is 1.54 bits per heavy atom. The average molecular weight is 176 g/mol. The van der Waals surface area contributed by atoms with E-state index < -0.39 is 0 Å². The third kappa shape index (κ3) is 1.57. The molecular weight excluding hydrogens is 164 g/mol. The minimum atomic E-state index is 0.115. The van der Waals surface area contributed by atoms with Crippen LogP contribution in [0.15, 0.2) is 22.8 Å². The highest BCUT2D eigenvalue weighted by Crippen LogP contribution is 2.31. The van der Waals surface area contributed by atoms with E-state index in [0.29, 0.717) is 0 Å². The molecule has 0 bridgehead atoms. The van der Waals surface area contributed by atoms with E-state index >= 15 is 0 Å². The molecule has 2 nitrogen and oxygen atoms in total. The van der Waals surface area contributed by atoms with Crippen LogP contribution in [-0.2, 0) is 11.2 Å². The van der Waals surface area contributed by atoms with Crippen LogP contribution in [0.1, 0.15) is 31.1 Å². The van der Waals surface area contributed by atoms with Gasteiger partial charge in [0.2, 0.25) is 0 Å². The van der Waals surface area contributed by atoms with Gasteiger partial charge in [-0.15, -0.1) is 0 Å². The Balaban J connectivity index is 2.40. The molecule has 2 heteroatoms. The topological polar surface area (TPSA) is 30.2 Å². The Labute approximate surface area is 77.2 Å². The zero-order valence-corrected chi connectivity index (χ0v) is 7.67. The van der Waals surface area contributed by atoms with Crippen molar-refractivity contribution in [3.63, 3.8) is 0 Å². The summed E-state index contributed by atoms with van der Waals surface area (Å²) >= 11 is 0. The van der Waals surface area contributed by atoms with Crippen LogP contribution in [0.25, 0.3) is 5.57 Å². The molecule has 0 radical (unpaired) electrons. The number of carbonyl (C=O) groups excluding carboxylic acids is 1. The molecular formula is C11H12O2. The molecule has 68 valence electrons. The highest BCUT2D eigenvalue weighted by Gasteiger charge is 2.16. The molecule has 0 atom stereocenters. The van der Waals surface area contributed by atoms with E-state index in [1.165, 1.54) is 0 Å². The lowest BCUT2D eigenvalue weighted by atomic mass is 9.92. The smallest absolute Gasteiger partial charge is 0.152 e. The molecule has 1 aliphatic rings. The number of hydrogen-bond acceptors (Lipinski definition) is 2. The van der Waals surface area contributed by atoms with Gasteiger partial charge in [0.05, 0.1) is 6.26 Å². The first kappa shape index (κ1) is 8.30. The second-order valence-corrected chi connectivity index (χ2v) is 3.39. The molecule has 1 aliphatic carbocycles. The molecule has 1 aromatic rings. The van der Waals surface area contributed by atoms with Crippen LogP contribution in [0.2, 0.25) is 0 Å². The van der Waals surface area contributed by atoms with Gasteiger partial charge >= 0.3 is 0 Å². The molecule has 13 heavy (non-hydrogen) atoms. The van der Waals surface area contributed by atoms with Crippen molar-refractivity contribution in [3.05, 3.63) is 29.7 Å². The molecule has 0 amide bonds. The number of hydrogen-bond donors (Lipinski definition) is 0. The van der Waals surface area contributed by atoms with E-state index in [1.807, 2.05) is 6.07 Å². The van der Waals surface area contributed by atoms with Crippen LogP contribution in [0.4, 0.5) is 0 Å². The summed E-state index contributed by atoms with van der Waals surface area (Å²) in [5.74, 6) is 1.14. The number of allylic oxidation sites excluding steroid dienone is 2. The van der Waals surface area contributed by atoms with Gasteiger partial charge in [0.25, 0.3) is 0 Å². The van der Waals surface area contributed by atoms with Gasteiger partial charge in [-0.2, -0.15) is 0 Å². The van der Waals surface area contributed by atoms with Crippen LogP contribution < -0.4 is 0 Å². The van der Waals surface area contributed by atoms with Crippen molar-refractivity contribution in [3.8, 4) is 0 Å². The van der Waals surface area contributed by atoms with Gasteiger partial charge in [0.15, 0.2) is 5.78 Å². The molecule has 0 saturated carbocycles. The highest BCUT2D eigenvalue weighted by atomic mass is 16.3. The van der Waals surface area contributed by atoms with Crippen LogP contribution in [0.5, 0.6) is 0 Å². The number of carbonyl (C=O) groups is 1. The first-order valence-electron chi connectivity index (χ1n) is 4.55. The van der Waals surface area contributed by atoms with Gasteiger partial charge in [-0.25, -0.2) is 0 Å². The lowest BCUT2D eigenvalue weighted by Gasteiger charge is -2.12. The van der Waals surface area contributed by atoms with Gasteiger partial charge in [0.1, 0.15) is 5.76 Å². The Morgan fingerprint density at radius 2 is 2.38 bits per heavy atom.